The van der Waals surface area contributed by atoms with Crippen LogP contribution in [0.3, 0.4) is 0 Å². The van der Waals surface area contributed by atoms with Crippen molar-refractivity contribution in [1.82, 2.24) is 9.13 Å². The average Bonchev–Trinajstić information content (AvgIpc) is 3.73. The van der Waals surface area contributed by atoms with Gasteiger partial charge in [0.25, 0.3) is 22.2 Å². The molecule has 4 aromatic carbocycles. The van der Waals surface area contributed by atoms with Crippen LogP contribution in [-0.4, -0.2) is 9.13 Å². The number of rotatable bonds is 2. The summed E-state index contributed by atoms with van der Waals surface area (Å²) in [6.07, 6.45) is 0. The van der Waals surface area contributed by atoms with Crippen LogP contribution < -0.4 is 29.9 Å². The van der Waals surface area contributed by atoms with Crippen LogP contribution in [0.4, 0.5) is 0 Å². The molecule has 8 rings (SSSR count). The highest BCUT2D eigenvalue weighted by Crippen LogP contribution is 2.44. The van der Waals surface area contributed by atoms with Crippen LogP contribution in [-0.2, 0) is 0 Å². The Kier molecular flexibility index (Phi) is 6.47. The molecular weight excluding hydrogens is 685 g/mol. The zero-order valence-electron chi connectivity index (χ0n) is 23.7. The molecule has 0 atom stereocenters. The lowest BCUT2D eigenvalue weighted by Crippen LogP contribution is -2.34. The molecule has 0 fully saturated rings. The van der Waals surface area contributed by atoms with Crippen LogP contribution >= 0.6 is 45.3 Å². The van der Waals surface area contributed by atoms with Gasteiger partial charge in [-0.15, -0.1) is 45.3 Å². The Bertz CT molecular complexity index is 2910. The van der Waals surface area contributed by atoms with E-state index in [4.69, 9.17) is 13.1 Å². The Morgan fingerprint density at radius 3 is 1.19 bits per heavy atom. The first-order chi connectivity index (χ1) is 23.3. The molecule has 0 N–H and O–H groups in total. The van der Waals surface area contributed by atoms with Crippen molar-refractivity contribution in [2.24, 2.45) is 0 Å². The van der Waals surface area contributed by atoms with Crippen molar-refractivity contribution < 1.29 is 0 Å². The number of fused-ring (bicyclic) bond motifs is 6. The standard InChI is InChI=1S/C34H10N6O4S4/c1-37-28(38-2)34-47-26-22-18-19-21(30(42)40(17-11-7-4-8-12-17)32(44)23(19)27(26)48-34)25-24(45-33(46-25)15(13-35)14-36)20(18)29(41)39(31(22)43)16-9-5-3-6-10-16/h3-12H. The molecule has 4 aromatic heterocycles. The van der Waals surface area contributed by atoms with Crippen molar-refractivity contribution in [3.05, 3.63) is 133 Å². The fourth-order valence-corrected chi connectivity index (χ4v) is 11.2. The molecule has 0 radical (unpaired) electrons. The summed E-state index contributed by atoms with van der Waals surface area (Å²) in [6, 6.07) is 20.4. The highest BCUT2D eigenvalue weighted by atomic mass is 32.2. The van der Waals surface area contributed by atoms with Gasteiger partial charge in [0.05, 0.1) is 51.7 Å². The molecule has 0 saturated carbocycles. The summed E-state index contributed by atoms with van der Waals surface area (Å²) in [5, 5.41) is 20.0. The second-order valence-corrected chi connectivity index (χ2v) is 14.9. The number of pyridine rings is 2. The van der Waals surface area contributed by atoms with Gasteiger partial charge in [-0.3, -0.25) is 19.2 Å². The van der Waals surface area contributed by atoms with Crippen molar-refractivity contribution >= 4 is 108 Å². The summed E-state index contributed by atoms with van der Waals surface area (Å²) in [7, 11) is 0. The minimum absolute atomic E-state index is 0.0568. The lowest BCUT2D eigenvalue weighted by molar-refractivity contribution is 0.969. The number of para-hydroxylation sites is 2. The zero-order chi connectivity index (χ0) is 33.4. The second kappa shape index (κ2) is 10.6. The fraction of sp³-hybridized carbons (Fsp3) is 0. The van der Waals surface area contributed by atoms with Crippen LogP contribution in [0, 0.1) is 35.8 Å². The van der Waals surface area contributed by atoms with E-state index in [0.29, 0.717) is 9.40 Å². The summed E-state index contributed by atoms with van der Waals surface area (Å²) in [4.78, 5) is 65.1. The van der Waals surface area contributed by atoms with E-state index in [1.165, 1.54) is 0 Å². The van der Waals surface area contributed by atoms with Crippen molar-refractivity contribution in [3.63, 3.8) is 0 Å². The van der Waals surface area contributed by atoms with Gasteiger partial charge in [-0.2, -0.15) is 20.2 Å². The average molecular weight is 695 g/mol. The maximum Gasteiger partial charge on any atom is 0.546 e. The van der Waals surface area contributed by atoms with Crippen molar-refractivity contribution in [3.8, 4) is 23.5 Å². The van der Waals surface area contributed by atoms with E-state index in [9.17, 15) is 29.7 Å². The van der Waals surface area contributed by atoms with Crippen molar-refractivity contribution in [2.75, 3.05) is 0 Å². The van der Waals surface area contributed by atoms with E-state index in [0.717, 1.165) is 54.5 Å². The molecule has 0 spiro atoms. The van der Waals surface area contributed by atoms with E-state index in [1.807, 2.05) is 12.1 Å². The van der Waals surface area contributed by atoms with E-state index >= 15 is 0 Å². The molecule has 224 valence electrons. The van der Waals surface area contributed by atoms with Gasteiger partial charge in [-0.05, 0) is 24.3 Å². The van der Waals surface area contributed by atoms with Crippen molar-refractivity contribution in [2.45, 2.75) is 0 Å². The minimum atomic E-state index is -0.697. The first-order valence-electron chi connectivity index (χ1n) is 13.7. The van der Waals surface area contributed by atoms with Crippen molar-refractivity contribution in [1.29, 1.82) is 10.5 Å². The number of nitrogens with zero attached hydrogens (tertiary/aromatic N) is 6. The van der Waals surface area contributed by atoms with Crippen LogP contribution in [0.2, 0.25) is 0 Å². The molecule has 0 saturated heterocycles. The van der Waals surface area contributed by atoms with Crippen LogP contribution in [0.25, 0.3) is 83.6 Å². The van der Waals surface area contributed by atoms with E-state index in [1.54, 1.807) is 60.7 Å². The molecule has 48 heavy (non-hydrogen) atoms. The zero-order valence-corrected chi connectivity index (χ0v) is 27.0. The third-order valence-corrected chi connectivity index (χ3v) is 13.1. The largest absolute Gasteiger partial charge is 0.546 e. The Labute approximate surface area is 282 Å². The van der Waals surface area contributed by atoms with Crippen LogP contribution in [0.1, 0.15) is 0 Å². The summed E-state index contributed by atoms with van der Waals surface area (Å²) in [5.74, 6) is -0.243. The number of nitriles is 2. The SMILES string of the molecule is [C-]#[N+]C([N+]#[C-])=c1sc2c(s1)c1c(=O)n(-c3ccccc3)c(=O)c3c4sc(=C(C#N)C#N)sc4c4c(=O)n(-c5ccccc5)c(=O)c2c4c31. The van der Waals surface area contributed by atoms with E-state index in [2.05, 4.69) is 9.69 Å². The summed E-state index contributed by atoms with van der Waals surface area (Å²) in [6.45, 7) is 15.2. The van der Waals surface area contributed by atoms with Gasteiger partial charge in [0.15, 0.2) is 9.42 Å². The predicted molar refractivity (Wildman–Crippen MR) is 191 cm³/mol. The van der Waals surface area contributed by atoms with Gasteiger partial charge in [0, 0.05) is 10.8 Å². The topological polar surface area (TPSA) is 134 Å². The van der Waals surface area contributed by atoms with Gasteiger partial charge in [0.2, 0.25) is 0 Å². The lowest BCUT2D eigenvalue weighted by Gasteiger charge is -2.16. The maximum absolute atomic E-state index is 14.6. The molecule has 0 aliphatic rings. The predicted octanol–water partition coefficient (Wildman–Crippen LogP) is 5.26. The Balaban J connectivity index is 1.84. The van der Waals surface area contributed by atoms with Gasteiger partial charge in [-0.1, -0.05) is 36.4 Å². The van der Waals surface area contributed by atoms with Gasteiger partial charge in [0.1, 0.15) is 29.1 Å². The quantitative estimate of drug-likeness (QED) is 0.179. The Morgan fingerprint density at radius 2 is 0.875 bits per heavy atom. The maximum atomic E-state index is 14.6. The molecule has 0 aliphatic heterocycles. The summed E-state index contributed by atoms with van der Waals surface area (Å²) < 4.78 is 3.75. The third-order valence-electron chi connectivity index (χ3n) is 7.87. The number of aromatic nitrogens is 2. The van der Waals surface area contributed by atoms with E-state index in [-0.39, 0.29) is 72.2 Å². The Morgan fingerprint density at radius 1 is 0.542 bits per heavy atom. The molecule has 0 unspecified atom stereocenters. The van der Waals surface area contributed by atoms with Gasteiger partial charge < -0.3 is 0 Å². The summed E-state index contributed by atoms with van der Waals surface area (Å²) in [5.41, 5.74) is -2.42. The minimum Gasteiger partial charge on any atom is -0.268 e. The first-order valence-corrected chi connectivity index (χ1v) is 17.0. The molecule has 0 aliphatic carbocycles. The Hall–Kier alpha value is -6.26. The summed E-state index contributed by atoms with van der Waals surface area (Å²) >= 11 is 3.99. The normalized spacial score (nSPS) is 11.2. The molecule has 10 nitrogen and oxygen atoms in total. The number of hydrogen-bond acceptors (Lipinski definition) is 10. The highest BCUT2D eigenvalue weighted by Gasteiger charge is 2.30. The fourth-order valence-electron chi connectivity index (χ4n) is 5.96. The molecule has 0 bridgehead atoms. The van der Waals surface area contributed by atoms with Crippen LogP contribution in [0.5, 0.6) is 0 Å². The molecule has 8 aromatic rings. The number of hydrogen-bond donors (Lipinski definition) is 0. The third kappa shape index (κ3) is 3.77. The molecular formula is C34H10N6O4S4. The molecule has 4 heterocycles. The van der Waals surface area contributed by atoms with Gasteiger partial charge >= 0.3 is 5.82 Å². The smallest absolute Gasteiger partial charge is 0.268 e. The lowest BCUT2D eigenvalue weighted by atomic mass is 9.96. The van der Waals surface area contributed by atoms with Gasteiger partial charge in [-0.25, -0.2) is 9.13 Å². The van der Waals surface area contributed by atoms with E-state index < -0.39 is 22.2 Å². The highest BCUT2D eigenvalue weighted by molar-refractivity contribution is 7.38. The van der Waals surface area contributed by atoms with Crippen LogP contribution in [0.15, 0.2) is 79.8 Å². The molecule has 0 amide bonds. The number of benzene rings is 4. The first kappa shape index (κ1) is 29.2. The molecule has 14 heteroatoms. The monoisotopic (exact) mass is 694 g/mol. The second-order valence-electron chi connectivity index (χ2n) is 10.3.